The number of azide groups is 1. The van der Waals surface area contributed by atoms with E-state index in [1.165, 1.54) is 5.56 Å². The molecule has 1 aliphatic heterocycles. The van der Waals surface area contributed by atoms with Crippen molar-refractivity contribution in [1.82, 2.24) is 4.90 Å². The van der Waals surface area contributed by atoms with E-state index in [0.29, 0.717) is 25.5 Å². The average molecular weight is 401 g/mol. The lowest BCUT2D eigenvalue weighted by Crippen LogP contribution is -2.45. The maximum absolute atomic E-state index is 12.6. The van der Waals surface area contributed by atoms with Crippen LogP contribution < -0.4 is 0 Å². The monoisotopic (exact) mass is 400 g/mol. The Morgan fingerprint density at radius 2 is 1.86 bits per heavy atom. The van der Waals surface area contributed by atoms with Crippen molar-refractivity contribution in [3.8, 4) is 0 Å². The number of carbonyl (C=O) groups is 1. The summed E-state index contributed by atoms with van der Waals surface area (Å²) >= 11 is 0. The highest BCUT2D eigenvalue weighted by atomic mass is 16.6. The Labute approximate surface area is 173 Å². The van der Waals surface area contributed by atoms with E-state index in [9.17, 15) is 4.79 Å². The van der Waals surface area contributed by atoms with Gasteiger partial charge in [0, 0.05) is 11.5 Å². The number of benzene rings is 1. The van der Waals surface area contributed by atoms with E-state index in [0.717, 1.165) is 25.7 Å². The van der Waals surface area contributed by atoms with Crippen LogP contribution in [0.3, 0.4) is 0 Å². The van der Waals surface area contributed by atoms with Gasteiger partial charge in [0.05, 0.1) is 24.8 Å². The number of ether oxygens (including phenoxy) is 2. The van der Waals surface area contributed by atoms with E-state index in [1.807, 2.05) is 20.8 Å². The molecular formula is C22H32N4O3. The maximum Gasteiger partial charge on any atom is 0.410 e. The summed E-state index contributed by atoms with van der Waals surface area (Å²) in [5.74, 6) is 0.594. The summed E-state index contributed by atoms with van der Waals surface area (Å²) in [5, 5.41) is 3.90. The molecule has 7 heteroatoms. The molecule has 1 aromatic rings. The van der Waals surface area contributed by atoms with Gasteiger partial charge in [-0.3, -0.25) is 0 Å². The number of hydrogen-bond donors (Lipinski definition) is 0. The van der Waals surface area contributed by atoms with E-state index < -0.39 is 5.60 Å². The van der Waals surface area contributed by atoms with Crippen LogP contribution in [0.1, 0.15) is 64.4 Å². The molecule has 1 saturated carbocycles. The van der Waals surface area contributed by atoms with Gasteiger partial charge in [-0.2, -0.15) is 0 Å². The summed E-state index contributed by atoms with van der Waals surface area (Å²) in [4.78, 5) is 17.2. The summed E-state index contributed by atoms with van der Waals surface area (Å²) < 4.78 is 11.7. The van der Waals surface area contributed by atoms with Gasteiger partial charge in [0.2, 0.25) is 0 Å². The lowest BCUT2D eigenvalue weighted by Gasteiger charge is -2.33. The van der Waals surface area contributed by atoms with Crippen molar-refractivity contribution in [1.29, 1.82) is 0 Å². The van der Waals surface area contributed by atoms with Gasteiger partial charge in [0.25, 0.3) is 0 Å². The Bertz CT molecular complexity index is 719. The number of likely N-dealkylation sites (tertiary alicyclic amines) is 1. The molecule has 1 heterocycles. The molecule has 1 aromatic carbocycles. The molecule has 2 atom stereocenters. The van der Waals surface area contributed by atoms with Crippen molar-refractivity contribution in [3.63, 3.8) is 0 Å². The standard InChI is InChI=1S/C22H32N4O3/c1-22(2,3)29-21(27)26-14-13-19(24-25-23)20(26)15-28-18-11-9-17(10-12-18)16-7-5-4-6-8-16/h4-8,17-20H,9-15H2,1-3H3/t17?,18?,19-,20-/m1/s1. The van der Waals surface area contributed by atoms with Crippen molar-refractivity contribution in [2.45, 2.75) is 82.6 Å². The van der Waals surface area contributed by atoms with E-state index in [-0.39, 0.29) is 24.3 Å². The third-order valence-corrected chi connectivity index (χ3v) is 5.79. The highest BCUT2D eigenvalue weighted by Gasteiger charge is 2.39. The Morgan fingerprint density at radius 3 is 2.48 bits per heavy atom. The summed E-state index contributed by atoms with van der Waals surface area (Å²) in [7, 11) is 0. The number of rotatable bonds is 5. The fraction of sp³-hybridized carbons (Fsp3) is 0.682. The van der Waals surface area contributed by atoms with E-state index in [4.69, 9.17) is 15.0 Å². The maximum atomic E-state index is 12.6. The Morgan fingerprint density at radius 1 is 1.17 bits per heavy atom. The first-order chi connectivity index (χ1) is 13.9. The van der Waals surface area contributed by atoms with Crippen LogP contribution >= 0.6 is 0 Å². The molecule has 3 rings (SSSR count). The van der Waals surface area contributed by atoms with Crippen LogP contribution in [-0.2, 0) is 9.47 Å². The molecular weight excluding hydrogens is 368 g/mol. The molecule has 7 nitrogen and oxygen atoms in total. The molecule has 0 bridgehead atoms. The predicted octanol–water partition coefficient (Wildman–Crippen LogP) is 5.42. The number of amides is 1. The minimum atomic E-state index is -0.561. The molecule has 0 aromatic heterocycles. The molecule has 158 valence electrons. The van der Waals surface area contributed by atoms with E-state index in [1.54, 1.807) is 4.90 Å². The molecule has 1 aliphatic carbocycles. The summed E-state index contributed by atoms with van der Waals surface area (Å²) in [6, 6.07) is 10.1. The normalized spacial score (nSPS) is 27.3. The van der Waals surface area contributed by atoms with Gasteiger partial charge in [-0.25, -0.2) is 4.79 Å². The van der Waals surface area contributed by atoms with Gasteiger partial charge >= 0.3 is 6.09 Å². The Balaban J connectivity index is 1.55. The Kier molecular flexibility index (Phi) is 7.04. The van der Waals surface area contributed by atoms with Gasteiger partial charge in [-0.1, -0.05) is 35.4 Å². The van der Waals surface area contributed by atoms with Gasteiger partial charge < -0.3 is 14.4 Å². The van der Waals surface area contributed by atoms with Crippen molar-refractivity contribution in [3.05, 3.63) is 46.3 Å². The van der Waals surface area contributed by atoms with Crippen LogP contribution in [0.25, 0.3) is 10.4 Å². The van der Waals surface area contributed by atoms with E-state index >= 15 is 0 Å². The minimum Gasteiger partial charge on any atom is -0.444 e. The fourth-order valence-corrected chi connectivity index (χ4v) is 4.31. The minimum absolute atomic E-state index is 0.183. The van der Waals surface area contributed by atoms with E-state index in [2.05, 4.69) is 40.4 Å². The third-order valence-electron chi connectivity index (χ3n) is 5.79. The van der Waals surface area contributed by atoms with Crippen molar-refractivity contribution in [2.75, 3.05) is 13.2 Å². The van der Waals surface area contributed by atoms with Crippen LogP contribution in [0, 0.1) is 0 Å². The largest absolute Gasteiger partial charge is 0.444 e. The lowest BCUT2D eigenvalue weighted by molar-refractivity contribution is -0.0180. The predicted molar refractivity (Wildman–Crippen MR) is 112 cm³/mol. The second-order valence-corrected chi connectivity index (χ2v) is 9.02. The molecule has 0 radical (unpaired) electrons. The second-order valence-electron chi connectivity index (χ2n) is 9.02. The van der Waals surface area contributed by atoms with Crippen LogP contribution in [0.5, 0.6) is 0 Å². The molecule has 0 spiro atoms. The summed E-state index contributed by atoms with van der Waals surface area (Å²) in [6.07, 6.45) is 4.68. The quantitative estimate of drug-likeness (QED) is 0.376. The molecule has 0 unspecified atom stereocenters. The smallest absolute Gasteiger partial charge is 0.410 e. The fourth-order valence-electron chi connectivity index (χ4n) is 4.31. The molecule has 2 fully saturated rings. The van der Waals surface area contributed by atoms with Crippen LogP contribution in [0.2, 0.25) is 0 Å². The van der Waals surface area contributed by atoms with Crippen LogP contribution in [0.15, 0.2) is 35.4 Å². The first-order valence-corrected chi connectivity index (χ1v) is 10.6. The molecule has 0 N–H and O–H groups in total. The number of nitrogens with zero attached hydrogens (tertiary/aromatic N) is 4. The van der Waals surface area contributed by atoms with Gasteiger partial charge in [0.15, 0.2) is 0 Å². The average Bonchev–Trinajstić information content (AvgIpc) is 3.09. The number of hydrogen-bond acceptors (Lipinski definition) is 4. The summed E-state index contributed by atoms with van der Waals surface area (Å²) in [6.45, 7) is 6.45. The zero-order valence-corrected chi connectivity index (χ0v) is 17.7. The second kappa shape index (κ2) is 9.51. The zero-order chi connectivity index (χ0) is 20.9. The lowest BCUT2D eigenvalue weighted by atomic mass is 9.83. The topological polar surface area (TPSA) is 87.5 Å². The molecule has 29 heavy (non-hydrogen) atoms. The van der Waals surface area contributed by atoms with Crippen LogP contribution in [-0.4, -0.2) is 47.9 Å². The number of carbonyl (C=O) groups excluding carboxylic acids is 1. The highest BCUT2D eigenvalue weighted by molar-refractivity contribution is 5.69. The van der Waals surface area contributed by atoms with Gasteiger partial charge in [-0.05, 0) is 69.9 Å². The summed E-state index contributed by atoms with van der Waals surface area (Å²) in [5.41, 5.74) is 9.74. The molecule has 2 aliphatic rings. The third kappa shape index (κ3) is 5.87. The van der Waals surface area contributed by atoms with Gasteiger partial charge in [-0.15, -0.1) is 0 Å². The molecule has 1 saturated heterocycles. The van der Waals surface area contributed by atoms with Gasteiger partial charge in [0.1, 0.15) is 5.60 Å². The highest BCUT2D eigenvalue weighted by Crippen LogP contribution is 2.34. The first kappa shape index (κ1) is 21.5. The zero-order valence-electron chi connectivity index (χ0n) is 17.7. The van der Waals surface area contributed by atoms with Crippen molar-refractivity contribution in [2.24, 2.45) is 5.11 Å². The Hall–Kier alpha value is -2.24. The SMILES string of the molecule is CC(C)(C)OC(=O)N1CC[C@@H](N=[N+]=[N-])[C@H]1COC1CCC(c2ccccc2)CC1. The first-order valence-electron chi connectivity index (χ1n) is 10.6. The van der Waals surface area contributed by atoms with Crippen molar-refractivity contribution >= 4 is 6.09 Å². The van der Waals surface area contributed by atoms with Crippen LogP contribution in [0.4, 0.5) is 4.79 Å². The molecule has 1 amide bonds. The van der Waals surface area contributed by atoms with Crippen molar-refractivity contribution < 1.29 is 14.3 Å².